The lowest BCUT2D eigenvalue weighted by atomic mass is 10.3. The summed E-state index contributed by atoms with van der Waals surface area (Å²) in [5, 5.41) is 9.66. The monoisotopic (exact) mass is 209 g/mol. The van der Waals surface area contributed by atoms with Crippen LogP contribution in [0, 0.1) is 18.3 Å². The lowest BCUT2D eigenvalue weighted by Gasteiger charge is -2.16. The first-order valence-corrected chi connectivity index (χ1v) is 5.62. The minimum Gasteiger partial charge on any atom is -0.349 e. The maximum atomic E-state index is 8.62. The van der Waals surface area contributed by atoms with Crippen LogP contribution in [0.2, 0.25) is 0 Å². The fraction of sp³-hybridized carbons (Fsp3) is 0.600. The molecule has 0 fully saturated rings. The summed E-state index contributed by atoms with van der Waals surface area (Å²) in [5.41, 5.74) is 0.999. The highest BCUT2D eigenvalue weighted by Gasteiger charge is 2.10. The SMILES string of the molecule is CCN(CC)c1nc(C)c(CC#N)s1. The summed E-state index contributed by atoms with van der Waals surface area (Å²) in [5.74, 6) is 0. The van der Waals surface area contributed by atoms with Crippen molar-refractivity contribution in [3.8, 4) is 6.07 Å². The molecule has 1 heterocycles. The number of aryl methyl sites for hydroxylation is 1. The summed E-state index contributed by atoms with van der Waals surface area (Å²) in [6.45, 7) is 8.13. The lowest BCUT2D eigenvalue weighted by Crippen LogP contribution is -2.21. The standard InChI is InChI=1S/C10H15N3S/c1-4-13(5-2)10-12-8(3)9(14-10)6-7-11/h4-6H2,1-3H3. The van der Waals surface area contributed by atoms with Crippen LogP contribution in [-0.4, -0.2) is 18.1 Å². The van der Waals surface area contributed by atoms with Gasteiger partial charge in [-0.2, -0.15) is 5.26 Å². The molecule has 0 bridgehead atoms. The molecule has 4 heteroatoms. The average Bonchev–Trinajstić information content (AvgIpc) is 2.51. The number of hydrogen-bond acceptors (Lipinski definition) is 4. The van der Waals surface area contributed by atoms with Crippen molar-refractivity contribution in [2.75, 3.05) is 18.0 Å². The van der Waals surface area contributed by atoms with E-state index in [-0.39, 0.29) is 0 Å². The Morgan fingerprint density at radius 2 is 2.07 bits per heavy atom. The second-order valence-corrected chi connectivity index (χ2v) is 4.07. The molecule has 0 N–H and O–H groups in total. The highest BCUT2D eigenvalue weighted by molar-refractivity contribution is 7.15. The van der Waals surface area contributed by atoms with Crippen molar-refractivity contribution in [3.05, 3.63) is 10.6 Å². The van der Waals surface area contributed by atoms with Crippen molar-refractivity contribution < 1.29 is 0 Å². The molecule has 3 nitrogen and oxygen atoms in total. The number of nitrogens with zero attached hydrogens (tertiary/aromatic N) is 3. The summed E-state index contributed by atoms with van der Waals surface area (Å²) in [7, 11) is 0. The molecule has 0 aliphatic rings. The molecular formula is C10H15N3S. The second-order valence-electron chi connectivity index (χ2n) is 3.01. The quantitative estimate of drug-likeness (QED) is 0.764. The predicted molar refractivity (Wildman–Crippen MR) is 59.7 cm³/mol. The van der Waals surface area contributed by atoms with Gasteiger partial charge in [-0.25, -0.2) is 4.98 Å². The van der Waals surface area contributed by atoms with Crippen LogP contribution in [0.15, 0.2) is 0 Å². The van der Waals surface area contributed by atoms with Gasteiger partial charge in [-0.1, -0.05) is 0 Å². The summed E-state index contributed by atoms with van der Waals surface area (Å²) < 4.78 is 0. The number of rotatable bonds is 4. The van der Waals surface area contributed by atoms with Gasteiger partial charge >= 0.3 is 0 Å². The van der Waals surface area contributed by atoms with E-state index in [1.807, 2.05) is 6.92 Å². The van der Waals surface area contributed by atoms with E-state index in [4.69, 9.17) is 5.26 Å². The molecule has 0 aliphatic heterocycles. The van der Waals surface area contributed by atoms with Crippen LogP contribution in [0.3, 0.4) is 0 Å². The minimum atomic E-state index is 0.477. The van der Waals surface area contributed by atoms with Crippen molar-refractivity contribution in [1.82, 2.24) is 4.98 Å². The normalized spacial score (nSPS) is 9.86. The summed E-state index contributed by atoms with van der Waals surface area (Å²) in [6.07, 6.45) is 0.477. The zero-order chi connectivity index (χ0) is 10.6. The van der Waals surface area contributed by atoms with Crippen LogP contribution in [0.4, 0.5) is 5.13 Å². The molecule has 0 aliphatic carbocycles. The van der Waals surface area contributed by atoms with E-state index in [9.17, 15) is 0 Å². The largest absolute Gasteiger partial charge is 0.349 e. The Bertz CT molecular complexity index is 334. The van der Waals surface area contributed by atoms with Crippen molar-refractivity contribution in [2.45, 2.75) is 27.2 Å². The molecule has 14 heavy (non-hydrogen) atoms. The van der Waals surface area contributed by atoms with E-state index in [2.05, 4.69) is 29.8 Å². The van der Waals surface area contributed by atoms with Gasteiger partial charge in [-0.15, -0.1) is 11.3 Å². The van der Waals surface area contributed by atoms with Gasteiger partial charge in [0.1, 0.15) is 0 Å². The van der Waals surface area contributed by atoms with Gasteiger partial charge in [-0.05, 0) is 20.8 Å². The molecule has 0 radical (unpaired) electrons. The smallest absolute Gasteiger partial charge is 0.185 e. The summed E-state index contributed by atoms with van der Waals surface area (Å²) >= 11 is 1.63. The molecule has 0 aromatic carbocycles. The second kappa shape index (κ2) is 4.97. The van der Waals surface area contributed by atoms with Crippen LogP contribution in [-0.2, 0) is 6.42 Å². The fourth-order valence-electron chi connectivity index (χ4n) is 1.28. The molecule has 0 saturated heterocycles. The number of anilines is 1. The van der Waals surface area contributed by atoms with Gasteiger partial charge in [0.15, 0.2) is 5.13 Å². The van der Waals surface area contributed by atoms with Crippen LogP contribution in [0.5, 0.6) is 0 Å². The Balaban J connectivity index is 2.90. The van der Waals surface area contributed by atoms with Crippen molar-refractivity contribution in [3.63, 3.8) is 0 Å². The maximum absolute atomic E-state index is 8.62. The summed E-state index contributed by atoms with van der Waals surface area (Å²) in [4.78, 5) is 7.76. The highest BCUT2D eigenvalue weighted by atomic mass is 32.1. The van der Waals surface area contributed by atoms with E-state index in [1.54, 1.807) is 11.3 Å². The Hall–Kier alpha value is -1.08. The lowest BCUT2D eigenvalue weighted by molar-refractivity contribution is 0.857. The van der Waals surface area contributed by atoms with E-state index >= 15 is 0 Å². The third-order valence-electron chi connectivity index (χ3n) is 2.15. The predicted octanol–water partition coefficient (Wildman–Crippen LogP) is 2.36. The Morgan fingerprint density at radius 3 is 2.57 bits per heavy atom. The minimum absolute atomic E-state index is 0.477. The van der Waals surface area contributed by atoms with E-state index in [1.165, 1.54) is 0 Å². The number of hydrogen-bond donors (Lipinski definition) is 0. The van der Waals surface area contributed by atoms with Crippen molar-refractivity contribution in [2.24, 2.45) is 0 Å². The maximum Gasteiger partial charge on any atom is 0.185 e. The molecule has 0 spiro atoms. The van der Waals surface area contributed by atoms with Crippen LogP contribution in [0.1, 0.15) is 24.4 Å². The van der Waals surface area contributed by atoms with Gasteiger partial charge < -0.3 is 4.90 Å². The molecule has 1 aromatic rings. The Morgan fingerprint density at radius 1 is 1.43 bits per heavy atom. The number of thiazole rings is 1. The fourth-order valence-corrected chi connectivity index (χ4v) is 2.40. The topological polar surface area (TPSA) is 39.9 Å². The van der Waals surface area contributed by atoms with E-state index in [0.717, 1.165) is 28.8 Å². The third-order valence-corrected chi connectivity index (χ3v) is 3.37. The average molecular weight is 209 g/mol. The highest BCUT2D eigenvalue weighted by Crippen LogP contribution is 2.25. The van der Waals surface area contributed by atoms with E-state index in [0.29, 0.717) is 6.42 Å². The van der Waals surface area contributed by atoms with Crippen LogP contribution < -0.4 is 4.90 Å². The van der Waals surface area contributed by atoms with Gasteiger partial charge in [0.2, 0.25) is 0 Å². The van der Waals surface area contributed by atoms with Crippen LogP contribution in [0.25, 0.3) is 0 Å². The first kappa shape index (κ1) is 11.0. The van der Waals surface area contributed by atoms with Gasteiger partial charge in [0.25, 0.3) is 0 Å². The molecule has 0 atom stereocenters. The summed E-state index contributed by atoms with van der Waals surface area (Å²) in [6, 6.07) is 2.17. The van der Waals surface area contributed by atoms with E-state index < -0.39 is 0 Å². The molecule has 0 saturated carbocycles. The molecule has 0 unspecified atom stereocenters. The molecule has 0 amide bonds. The zero-order valence-electron chi connectivity index (χ0n) is 8.87. The molecule has 1 aromatic heterocycles. The molecule has 1 rings (SSSR count). The van der Waals surface area contributed by atoms with Crippen LogP contribution >= 0.6 is 11.3 Å². The first-order chi connectivity index (χ1) is 6.72. The molecular weight excluding hydrogens is 194 g/mol. The van der Waals surface area contributed by atoms with Crippen molar-refractivity contribution >= 4 is 16.5 Å². The molecule has 76 valence electrons. The van der Waals surface area contributed by atoms with Crippen molar-refractivity contribution in [1.29, 1.82) is 5.26 Å². The number of aromatic nitrogens is 1. The van der Waals surface area contributed by atoms with Gasteiger partial charge in [-0.3, -0.25) is 0 Å². The third kappa shape index (κ3) is 2.24. The zero-order valence-corrected chi connectivity index (χ0v) is 9.69. The Kier molecular flexibility index (Phi) is 3.90. The number of nitriles is 1. The van der Waals surface area contributed by atoms with Gasteiger partial charge in [0, 0.05) is 18.0 Å². The van der Waals surface area contributed by atoms with Gasteiger partial charge in [0.05, 0.1) is 18.2 Å². The Labute approximate surface area is 89.0 Å². The first-order valence-electron chi connectivity index (χ1n) is 4.81.